The molecule has 17 heavy (non-hydrogen) atoms. The van der Waals surface area contributed by atoms with E-state index in [1.54, 1.807) is 12.3 Å². The molecule has 5 nitrogen and oxygen atoms in total. The highest BCUT2D eigenvalue weighted by Gasteiger charge is 2.23. The van der Waals surface area contributed by atoms with E-state index < -0.39 is 10.2 Å². The molecule has 1 saturated heterocycles. The lowest BCUT2D eigenvalue weighted by Crippen LogP contribution is -2.39. The number of hydrogen-bond donors (Lipinski definition) is 1. The predicted molar refractivity (Wildman–Crippen MR) is 66.9 cm³/mol. The van der Waals surface area contributed by atoms with Gasteiger partial charge < -0.3 is 0 Å². The van der Waals surface area contributed by atoms with Gasteiger partial charge >= 0.3 is 10.2 Å². The predicted octanol–water partition coefficient (Wildman–Crippen LogP) is 1.53. The lowest BCUT2D eigenvalue weighted by Gasteiger charge is -2.25. The molecule has 0 aliphatic carbocycles. The van der Waals surface area contributed by atoms with Gasteiger partial charge in [0.1, 0.15) is 5.82 Å². The standard InChI is InChI=1S/C11H17N3O2S/c1-10-5-6-11(12-9-10)13-17(15,16)14-7-3-2-4-8-14/h5-6,9H,2-4,7-8H2,1H3,(H,12,13). The Kier molecular flexibility index (Phi) is 3.63. The summed E-state index contributed by atoms with van der Waals surface area (Å²) in [6.45, 7) is 3.11. The summed E-state index contributed by atoms with van der Waals surface area (Å²) in [5.74, 6) is 0.376. The molecule has 1 fully saturated rings. The summed E-state index contributed by atoms with van der Waals surface area (Å²) < 4.78 is 28.0. The van der Waals surface area contributed by atoms with Crippen LogP contribution in [0.2, 0.25) is 0 Å². The summed E-state index contributed by atoms with van der Waals surface area (Å²) in [5.41, 5.74) is 1.01. The molecule has 0 radical (unpaired) electrons. The van der Waals surface area contributed by atoms with Gasteiger partial charge in [-0.05, 0) is 31.4 Å². The van der Waals surface area contributed by atoms with E-state index in [-0.39, 0.29) is 0 Å². The first-order valence-electron chi connectivity index (χ1n) is 5.78. The second-order valence-electron chi connectivity index (χ2n) is 4.29. The fourth-order valence-electron chi connectivity index (χ4n) is 1.83. The maximum Gasteiger partial charge on any atom is 0.302 e. The second kappa shape index (κ2) is 5.01. The quantitative estimate of drug-likeness (QED) is 0.891. The van der Waals surface area contributed by atoms with Crippen molar-refractivity contribution in [3.8, 4) is 0 Å². The van der Waals surface area contributed by atoms with E-state index >= 15 is 0 Å². The van der Waals surface area contributed by atoms with E-state index in [2.05, 4.69) is 9.71 Å². The number of rotatable bonds is 3. The number of nitrogens with zero attached hydrogens (tertiary/aromatic N) is 2. The second-order valence-corrected chi connectivity index (χ2v) is 5.96. The van der Waals surface area contributed by atoms with Crippen LogP contribution in [0, 0.1) is 6.92 Å². The first kappa shape index (κ1) is 12.3. The smallest absolute Gasteiger partial charge is 0.254 e. The molecule has 1 aromatic heterocycles. The fraction of sp³-hybridized carbons (Fsp3) is 0.545. The van der Waals surface area contributed by atoms with Gasteiger partial charge in [-0.1, -0.05) is 12.5 Å². The summed E-state index contributed by atoms with van der Waals surface area (Å²) in [7, 11) is -3.43. The molecule has 1 aliphatic heterocycles. The molecule has 1 aromatic rings. The van der Waals surface area contributed by atoms with E-state index in [0.29, 0.717) is 18.9 Å². The Labute approximate surface area is 102 Å². The zero-order chi connectivity index (χ0) is 12.3. The van der Waals surface area contributed by atoms with Gasteiger partial charge in [0.15, 0.2) is 0 Å². The highest BCUT2D eigenvalue weighted by Crippen LogP contribution is 2.15. The molecule has 0 bridgehead atoms. The van der Waals surface area contributed by atoms with Gasteiger partial charge in [0, 0.05) is 19.3 Å². The number of hydrogen-bond acceptors (Lipinski definition) is 3. The SMILES string of the molecule is Cc1ccc(NS(=O)(=O)N2CCCCC2)nc1. The number of anilines is 1. The van der Waals surface area contributed by atoms with Crippen LogP contribution in [0.4, 0.5) is 5.82 Å². The number of piperidine rings is 1. The molecule has 1 N–H and O–H groups in total. The van der Waals surface area contributed by atoms with Crippen molar-refractivity contribution < 1.29 is 8.42 Å². The molecular weight excluding hydrogens is 238 g/mol. The van der Waals surface area contributed by atoms with Gasteiger partial charge in [-0.2, -0.15) is 12.7 Å². The number of aryl methyl sites for hydroxylation is 1. The molecule has 2 heterocycles. The molecule has 0 aromatic carbocycles. The van der Waals surface area contributed by atoms with Crippen molar-refractivity contribution in [3.05, 3.63) is 23.9 Å². The van der Waals surface area contributed by atoms with E-state index in [1.165, 1.54) is 4.31 Å². The Morgan fingerprint density at radius 2 is 1.94 bits per heavy atom. The average molecular weight is 255 g/mol. The van der Waals surface area contributed by atoms with E-state index in [4.69, 9.17) is 0 Å². The molecule has 0 spiro atoms. The van der Waals surface area contributed by atoms with Gasteiger partial charge in [-0.25, -0.2) is 4.98 Å². The Balaban J connectivity index is 2.08. The Morgan fingerprint density at radius 1 is 1.24 bits per heavy atom. The largest absolute Gasteiger partial charge is 0.302 e. The minimum Gasteiger partial charge on any atom is -0.254 e. The minimum atomic E-state index is -3.43. The van der Waals surface area contributed by atoms with Gasteiger partial charge in [-0.15, -0.1) is 0 Å². The van der Waals surface area contributed by atoms with Crippen LogP contribution < -0.4 is 4.72 Å². The zero-order valence-corrected chi connectivity index (χ0v) is 10.7. The Bertz CT molecular complexity index is 464. The molecule has 0 unspecified atom stereocenters. The topological polar surface area (TPSA) is 62.3 Å². The number of aromatic nitrogens is 1. The van der Waals surface area contributed by atoms with Crippen molar-refractivity contribution in [3.63, 3.8) is 0 Å². The van der Waals surface area contributed by atoms with Crippen LogP contribution >= 0.6 is 0 Å². The zero-order valence-electron chi connectivity index (χ0n) is 9.89. The van der Waals surface area contributed by atoms with E-state index in [0.717, 1.165) is 24.8 Å². The molecule has 1 aliphatic rings. The summed E-state index contributed by atoms with van der Waals surface area (Å²) in [6, 6.07) is 3.51. The van der Waals surface area contributed by atoms with Gasteiger partial charge in [0.2, 0.25) is 0 Å². The van der Waals surface area contributed by atoms with Gasteiger partial charge in [0.25, 0.3) is 0 Å². The summed E-state index contributed by atoms with van der Waals surface area (Å²) in [6.07, 6.45) is 4.62. The van der Waals surface area contributed by atoms with E-state index in [9.17, 15) is 8.42 Å². The number of pyridine rings is 1. The van der Waals surface area contributed by atoms with Crippen molar-refractivity contribution in [2.24, 2.45) is 0 Å². The third-order valence-electron chi connectivity index (χ3n) is 2.80. The molecule has 0 saturated carbocycles. The first-order chi connectivity index (χ1) is 8.08. The molecule has 6 heteroatoms. The average Bonchev–Trinajstić information content (AvgIpc) is 2.33. The third-order valence-corrected chi connectivity index (χ3v) is 4.31. The van der Waals surface area contributed by atoms with Crippen molar-refractivity contribution >= 4 is 16.0 Å². The van der Waals surface area contributed by atoms with Crippen LogP contribution in [0.25, 0.3) is 0 Å². The van der Waals surface area contributed by atoms with Crippen LogP contribution in [0.5, 0.6) is 0 Å². The van der Waals surface area contributed by atoms with Gasteiger partial charge in [0.05, 0.1) is 0 Å². The van der Waals surface area contributed by atoms with Crippen LogP contribution in [-0.4, -0.2) is 30.8 Å². The van der Waals surface area contributed by atoms with Crippen molar-refractivity contribution in [1.29, 1.82) is 0 Å². The highest BCUT2D eigenvalue weighted by atomic mass is 32.2. The lowest BCUT2D eigenvalue weighted by molar-refractivity contribution is 0.349. The summed E-state index contributed by atoms with van der Waals surface area (Å²) in [5, 5.41) is 0. The summed E-state index contributed by atoms with van der Waals surface area (Å²) >= 11 is 0. The van der Waals surface area contributed by atoms with Crippen LogP contribution in [0.15, 0.2) is 18.3 Å². The maximum atomic E-state index is 12.0. The van der Waals surface area contributed by atoms with Crippen LogP contribution in [0.1, 0.15) is 24.8 Å². The monoisotopic (exact) mass is 255 g/mol. The fourth-order valence-corrected chi connectivity index (χ4v) is 3.08. The van der Waals surface area contributed by atoms with Gasteiger partial charge in [-0.3, -0.25) is 4.72 Å². The minimum absolute atomic E-state index is 0.376. The van der Waals surface area contributed by atoms with Crippen LogP contribution in [0.3, 0.4) is 0 Å². The third kappa shape index (κ3) is 3.17. The molecule has 94 valence electrons. The lowest BCUT2D eigenvalue weighted by atomic mass is 10.2. The Morgan fingerprint density at radius 3 is 2.53 bits per heavy atom. The van der Waals surface area contributed by atoms with Crippen molar-refractivity contribution in [2.75, 3.05) is 17.8 Å². The maximum absolute atomic E-state index is 12.0. The molecule has 0 atom stereocenters. The molecule has 2 rings (SSSR count). The molecular formula is C11H17N3O2S. The normalized spacial score (nSPS) is 17.9. The summed E-state index contributed by atoms with van der Waals surface area (Å²) in [4.78, 5) is 4.04. The van der Waals surface area contributed by atoms with E-state index in [1.807, 2.05) is 13.0 Å². The van der Waals surface area contributed by atoms with Crippen molar-refractivity contribution in [2.45, 2.75) is 26.2 Å². The first-order valence-corrected chi connectivity index (χ1v) is 7.22. The number of nitrogens with one attached hydrogen (secondary N) is 1. The molecule has 0 amide bonds. The highest BCUT2D eigenvalue weighted by molar-refractivity contribution is 7.90. The van der Waals surface area contributed by atoms with Crippen molar-refractivity contribution in [1.82, 2.24) is 9.29 Å². The Hall–Kier alpha value is -1.14. The van der Waals surface area contributed by atoms with Crippen LogP contribution in [-0.2, 0) is 10.2 Å².